The molecule has 2 N–H and O–H groups in total. The molecule has 2 fully saturated rings. The topological polar surface area (TPSA) is 50.4 Å². The summed E-state index contributed by atoms with van der Waals surface area (Å²) in [4.78, 5) is 12.3. The number of carbonyl (C=O) groups excluding carboxylic acids is 1. The standard InChI is InChI=1S/C18H26N2O2/c1-18(2,22-14-6-4-3-5-7-14)12-19-17(21)16-11-10-15(20-16)13-8-9-13/h3-7,13,15-16,20H,8-12H2,1-2H3,(H,19,21). The van der Waals surface area contributed by atoms with Gasteiger partial charge in [0.15, 0.2) is 0 Å². The van der Waals surface area contributed by atoms with E-state index in [1.165, 1.54) is 12.8 Å². The van der Waals surface area contributed by atoms with Crippen LogP contribution in [0.4, 0.5) is 0 Å². The maximum Gasteiger partial charge on any atom is 0.237 e. The molecule has 1 aromatic carbocycles. The third-order valence-electron chi connectivity index (χ3n) is 4.51. The Morgan fingerprint density at radius 1 is 1.23 bits per heavy atom. The predicted molar refractivity (Wildman–Crippen MR) is 86.8 cm³/mol. The molecule has 2 aliphatic rings. The van der Waals surface area contributed by atoms with Crippen LogP contribution in [0.15, 0.2) is 30.3 Å². The molecule has 1 amide bonds. The van der Waals surface area contributed by atoms with Crippen molar-refractivity contribution in [1.82, 2.24) is 10.6 Å². The second kappa shape index (κ2) is 6.29. The molecule has 2 unspecified atom stereocenters. The Balaban J connectivity index is 1.45. The largest absolute Gasteiger partial charge is 0.486 e. The predicted octanol–water partition coefficient (Wildman–Crippen LogP) is 2.49. The van der Waals surface area contributed by atoms with Gasteiger partial charge in [0.1, 0.15) is 11.4 Å². The summed E-state index contributed by atoms with van der Waals surface area (Å²) in [6.45, 7) is 4.50. The van der Waals surface area contributed by atoms with E-state index < -0.39 is 5.60 Å². The molecule has 1 saturated heterocycles. The number of para-hydroxylation sites is 1. The van der Waals surface area contributed by atoms with E-state index in [4.69, 9.17) is 4.74 Å². The number of hydrogen-bond donors (Lipinski definition) is 2. The van der Waals surface area contributed by atoms with Crippen LogP contribution >= 0.6 is 0 Å². The van der Waals surface area contributed by atoms with Gasteiger partial charge in [-0.2, -0.15) is 0 Å². The summed E-state index contributed by atoms with van der Waals surface area (Å²) in [6.07, 6.45) is 4.73. The van der Waals surface area contributed by atoms with Gasteiger partial charge in [0.25, 0.3) is 0 Å². The van der Waals surface area contributed by atoms with Gasteiger partial charge in [-0.1, -0.05) is 18.2 Å². The van der Waals surface area contributed by atoms with Crippen LogP contribution in [0, 0.1) is 5.92 Å². The second-order valence-electron chi connectivity index (χ2n) is 7.13. The van der Waals surface area contributed by atoms with Crippen LogP contribution in [0.1, 0.15) is 39.5 Å². The maximum atomic E-state index is 12.3. The molecule has 1 aromatic rings. The highest BCUT2D eigenvalue weighted by molar-refractivity contribution is 5.82. The number of amides is 1. The summed E-state index contributed by atoms with van der Waals surface area (Å²) in [5.74, 6) is 1.75. The normalized spacial score (nSPS) is 25.0. The zero-order valence-corrected chi connectivity index (χ0v) is 13.5. The van der Waals surface area contributed by atoms with Crippen LogP contribution < -0.4 is 15.4 Å². The fourth-order valence-electron chi connectivity index (χ4n) is 3.12. The van der Waals surface area contributed by atoms with Crippen molar-refractivity contribution in [1.29, 1.82) is 0 Å². The van der Waals surface area contributed by atoms with Crippen molar-refractivity contribution >= 4 is 5.91 Å². The third-order valence-corrected chi connectivity index (χ3v) is 4.51. The van der Waals surface area contributed by atoms with Crippen molar-refractivity contribution in [3.05, 3.63) is 30.3 Å². The molecule has 4 heteroatoms. The van der Waals surface area contributed by atoms with Crippen molar-refractivity contribution in [2.75, 3.05) is 6.54 Å². The van der Waals surface area contributed by atoms with Crippen LogP contribution in [0.5, 0.6) is 5.75 Å². The van der Waals surface area contributed by atoms with Gasteiger partial charge < -0.3 is 15.4 Å². The molecule has 0 spiro atoms. The lowest BCUT2D eigenvalue weighted by Gasteiger charge is -2.27. The van der Waals surface area contributed by atoms with Crippen molar-refractivity contribution in [3.8, 4) is 5.75 Å². The van der Waals surface area contributed by atoms with Gasteiger partial charge >= 0.3 is 0 Å². The van der Waals surface area contributed by atoms with E-state index in [9.17, 15) is 4.79 Å². The quantitative estimate of drug-likeness (QED) is 0.849. The van der Waals surface area contributed by atoms with Crippen LogP contribution in [-0.4, -0.2) is 30.1 Å². The van der Waals surface area contributed by atoms with Gasteiger partial charge in [0.05, 0.1) is 12.6 Å². The molecule has 1 heterocycles. The lowest BCUT2D eigenvalue weighted by Crippen LogP contribution is -2.49. The highest BCUT2D eigenvalue weighted by atomic mass is 16.5. The van der Waals surface area contributed by atoms with Gasteiger partial charge in [-0.25, -0.2) is 0 Å². The molecule has 1 saturated carbocycles. The Kier molecular flexibility index (Phi) is 4.39. The molecular formula is C18H26N2O2. The van der Waals surface area contributed by atoms with Gasteiger partial charge in [0, 0.05) is 6.04 Å². The lowest BCUT2D eigenvalue weighted by molar-refractivity contribution is -0.123. The second-order valence-corrected chi connectivity index (χ2v) is 7.13. The lowest BCUT2D eigenvalue weighted by atomic mass is 10.1. The molecule has 120 valence electrons. The fourth-order valence-corrected chi connectivity index (χ4v) is 3.12. The van der Waals surface area contributed by atoms with Gasteiger partial charge in [0.2, 0.25) is 5.91 Å². The first kappa shape index (κ1) is 15.3. The molecule has 0 aromatic heterocycles. The van der Waals surface area contributed by atoms with Crippen molar-refractivity contribution in [3.63, 3.8) is 0 Å². The molecule has 3 rings (SSSR count). The van der Waals surface area contributed by atoms with Crippen molar-refractivity contribution in [2.45, 2.75) is 57.2 Å². The monoisotopic (exact) mass is 302 g/mol. The number of rotatable bonds is 6. The summed E-state index contributed by atoms with van der Waals surface area (Å²) in [5.41, 5.74) is -0.425. The SMILES string of the molecule is CC(C)(CNC(=O)C1CCC(C2CC2)N1)Oc1ccccc1. The van der Waals surface area contributed by atoms with Crippen molar-refractivity contribution in [2.24, 2.45) is 5.92 Å². The molecule has 4 nitrogen and oxygen atoms in total. The Morgan fingerprint density at radius 2 is 1.95 bits per heavy atom. The smallest absolute Gasteiger partial charge is 0.237 e. The van der Waals surface area contributed by atoms with E-state index in [2.05, 4.69) is 10.6 Å². The summed E-state index contributed by atoms with van der Waals surface area (Å²) in [6, 6.07) is 10.3. The summed E-state index contributed by atoms with van der Waals surface area (Å²) in [5, 5.41) is 6.52. The van der Waals surface area contributed by atoms with Gasteiger partial charge in [-0.3, -0.25) is 4.79 Å². The van der Waals surface area contributed by atoms with Crippen molar-refractivity contribution < 1.29 is 9.53 Å². The summed E-state index contributed by atoms with van der Waals surface area (Å²) in [7, 11) is 0. The molecule has 2 atom stereocenters. The van der Waals surface area contributed by atoms with Crippen LogP contribution in [0.3, 0.4) is 0 Å². The number of hydrogen-bond acceptors (Lipinski definition) is 3. The minimum Gasteiger partial charge on any atom is -0.486 e. The maximum absolute atomic E-state index is 12.3. The number of nitrogens with one attached hydrogen (secondary N) is 2. The van der Waals surface area contributed by atoms with Crippen LogP contribution in [-0.2, 0) is 4.79 Å². The highest BCUT2D eigenvalue weighted by Crippen LogP contribution is 2.37. The molecule has 1 aliphatic carbocycles. The number of ether oxygens (including phenoxy) is 1. The van der Waals surface area contributed by atoms with E-state index in [1.807, 2.05) is 44.2 Å². The van der Waals surface area contributed by atoms with Gasteiger partial charge in [-0.15, -0.1) is 0 Å². The first-order chi connectivity index (χ1) is 10.5. The van der Waals surface area contributed by atoms with Gasteiger partial charge in [-0.05, 0) is 57.6 Å². The zero-order valence-electron chi connectivity index (χ0n) is 13.5. The minimum absolute atomic E-state index is 0.0295. The van der Waals surface area contributed by atoms with Crippen LogP contribution in [0.2, 0.25) is 0 Å². The Morgan fingerprint density at radius 3 is 2.64 bits per heavy atom. The number of benzene rings is 1. The molecule has 0 radical (unpaired) electrons. The van der Waals surface area contributed by atoms with Crippen LogP contribution in [0.25, 0.3) is 0 Å². The molecule has 0 bridgehead atoms. The Hall–Kier alpha value is -1.55. The first-order valence-corrected chi connectivity index (χ1v) is 8.31. The van der Waals surface area contributed by atoms with E-state index in [1.54, 1.807) is 0 Å². The fraction of sp³-hybridized carbons (Fsp3) is 0.611. The molecule has 1 aliphatic heterocycles. The summed E-state index contributed by atoms with van der Waals surface area (Å²) >= 11 is 0. The minimum atomic E-state index is -0.425. The third kappa shape index (κ3) is 4.01. The highest BCUT2D eigenvalue weighted by Gasteiger charge is 2.38. The summed E-state index contributed by atoms with van der Waals surface area (Å²) < 4.78 is 5.95. The van der Waals surface area contributed by atoms with E-state index in [0.717, 1.165) is 24.5 Å². The van der Waals surface area contributed by atoms with E-state index in [-0.39, 0.29) is 11.9 Å². The van der Waals surface area contributed by atoms with E-state index >= 15 is 0 Å². The van der Waals surface area contributed by atoms with E-state index in [0.29, 0.717) is 12.6 Å². The Labute approximate surface area is 132 Å². The molecule has 22 heavy (non-hydrogen) atoms. The Bertz CT molecular complexity index is 511. The average molecular weight is 302 g/mol. The average Bonchev–Trinajstić information content (AvgIpc) is 3.23. The zero-order chi connectivity index (χ0) is 15.6. The number of carbonyl (C=O) groups is 1. The first-order valence-electron chi connectivity index (χ1n) is 8.31. The molecular weight excluding hydrogens is 276 g/mol.